The number of benzene rings is 1. The van der Waals surface area contributed by atoms with Gasteiger partial charge < -0.3 is 19.3 Å². The Bertz CT molecular complexity index is 891. The van der Waals surface area contributed by atoms with Crippen LogP contribution in [0.4, 0.5) is 5.69 Å². The Morgan fingerprint density at radius 1 is 1.33 bits per heavy atom. The maximum atomic E-state index is 13.4. The number of nitro groups is 1. The number of fused-ring (bicyclic) bond motifs is 1. The molecule has 3 rings (SSSR count). The molecule has 0 amide bonds. The zero-order chi connectivity index (χ0) is 21.9. The smallest absolute Gasteiger partial charge is 0.308 e. The molecule has 2 heterocycles. The van der Waals surface area contributed by atoms with Crippen LogP contribution >= 0.6 is 0 Å². The number of nitrogens with zero attached hydrogens (tertiary/aromatic N) is 2. The number of β-amino-alcohol motifs (C(OH)–C–C–N with tert-alkyl or cyclic N) is 1. The SMILES string of the molecule is COC(=O)C[C@H]1CC[C@H]2[C@@H](COC[C@H](O)CN2S(=O)(=O)c2ccccc2[N+](=O)[O-])O1. The van der Waals surface area contributed by atoms with Crippen LogP contribution in [0.2, 0.25) is 0 Å². The van der Waals surface area contributed by atoms with Crippen LogP contribution in [0, 0.1) is 10.1 Å². The Kier molecular flexibility index (Phi) is 7.03. The minimum absolute atomic E-state index is 0.0162. The summed E-state index contributed by atoms with van der Waals surface area (Å²) in [6.45, 7) is -0.389. The number of hydrogen-bond acceptors (Lipinski definition) is 9. The van der Waals surface area contributed by atoms with Crippen molar-refractivity contribution in [1.29, 1.82) is 0 Å². The summed E-state index contributed by atoms with van der Waals surface area (Å²) in [7, 11) is -3.05. The Morgan fingerprint density at radius 2 is 2.07 bits per heavy atom. The molecule has 30 heavy (non-hydrogen) atoms. The van der Waals surface area contributed by atoms with Crippen molar-refractivity contribution in [3.63, 3.8) is 0 Å². The second-order valence-electron chi connectivity index (χ2n) is 7.21. The van der Waals surface area contributed by atoms with Crippen molar-refractivity contribution in [2.45, 2.75) is 48.5 Å². The number of rotatable bonds is 5. The lowest BCUT2D eigenvalue weighted by atomic mass is 9.96. The molecule has 2 aliphatic heterocycles. The minimum atomic E-state index is -4.32. The van der Waals surface area contributed by atoms with Crippen LogP contribution in [0.5, 0.6) is 0 Å². The van der Waals surface area contributed by atoms with E-state index in [2.05, 4.69) is 4.74 Å². The maximum absolute atomic E-state index is 13.4. The van der Waals surface area contributed by atoms with Crippen LogP contribution in [0.1, 0.15) is 19.3 Å². The van der Waals surface area contributed by atoms with Crippen molar-refractivity contribution < 1.29 is 37.5 Å². The van der Waals surface area contributed by atoms with E-state index in [4.69, 9.17) is 9.47 Å². The highest BCUT2D eigenvalue weighted by Crippen LogP contribution is 2.34. The van der Waals surface area contributed by atoms with Gasteiger partial charge >= 0.3 is 5.97 Å². The van der Waals surface area contributed by atoms with Gasteiger partial charge in [-0.15, -0.1) is 0 Å². The Hall–Kier alpha value is -2.12. The summed E-state index contributed by atoms with van der Waals surface area (Å²) in [5.41, 5.74) is -0.540. The number of carbonyl (C=O) groups excluding carboxylic acids is 1. The monoisotopic (exact) mass is 444 g/mol. The van der Waals surface area contributed by atoms with Gasteiger partial charge in [0.1, 0.15) is 0 Å². The van der Waals surface area contributed by atoms with Gasteiger partial charge in [-0.25, -0.2) is 8.42 Å². The fraction of sp³-hybridized carbons (Fsp3) is 0.611. The van der Waals surface area contributed by atoms with Gasteiger partial charge in [0.05, 0.1) is 56.0 Å². The van der Waals surface area contributed by atoms with Crippen molar-refractivity contribution in [3.8, 4) is 0 Å². The van der Waals surface area contributed by atoms with E-state index in [1.807, 2.05) is 0 Å². The minimum Gasteiger partial charge on any atom is -0.469 e. The van der Waals surface area contributed by atoms with Crippen LogP contribution < -0.4 is 0 Å². The van der Waals surface area contributed by atoms with E-state index in [0.717, 1.165) is 10.4 Å². The van der Waals surface area contributed by atoms with Crippen molar-refractivity contribution in [2.24, 2.45) is 0 Å². The molecular weight excluding hydrogens is 420 g/mol. The summed E-state index contributed by atoms with van der Waals surface area (Å²) in [5.74, 6) is -0.440. The van der Waals surface area contributed by atoms with Crippen LogP contribution in [0.15, 0.2) is 29.2 Å². The fourth-order valence-electron chi connectivity index (χ4n) is 3.79. The highest BCUT2D eigenvalue weighted by atomic mass is 32.2. The van der Waals surface area contributed by atoms with Gasteiger partial charge in [0.25, 0.3) is 5.69 Å². The third kappa shape index (κ3) is 4.78. The zero-order valence-electron chi connectivity index (χ0n) is 16.4. The van der Waals surface area contributed by atoms with E-state index in [1.54, 1.807) is 0 Å². The molecule has 0 radical (unpaired) electrons. The number of methoxy groups -OCH3 is 1. The number of ether oxygens (including phenoxy) is 3. The van der Waals surface area contributed by atoms with Gasteiger partial charge in [0.15, 0.2) is 4.90 Å². The Labute approximate surface area is 173 Å². The molecule has 0 unspecified atom stereocenters. The molecule has 1 N–H and O–H groups in total. The maximum Gasteiger partial charge on any atom is 0.308 e. The topological polar surface area (TPSA) is 146 Å². The predicted octanol–water partition coefficient (Wildman–Crippen LogP) is 0.456. The number of aliphatic hydroxyl groups is 1. The molecule has 2 aliphatic rings. The van der Waals surface area contributed by atoms with Crippen LogP contribution in [0.3, 0.4) is 0 Å². The lowest BCUT2D eigenvalue weighted by Crippen LogP contribution is -2.57. The van der Waals surface area contributed by atoms with Crippen LogP contribution in [-0.4, -0.2) is 79.9 Å². The first-order valence-corrected chi connectivity index (χ1v) is 10.9. The number of nitro benzene ring substituents is 1. The van der Waals surface area contributed by atoms with Crippen molar-refractivity contribution in [3.05, 3.63) is 34.4 Å². The molecule has 1 aromatic rings. The van der Waals surface area contributed by atoms with E-state index < -0.39 is 55.9 Å². The van der Waals surface area contributed by atoms with Gasteiger partial charge in [0.2, 0.25) is 10.0 Å². The molecule has 0 bridgehead atoms. The number of hydrogen-bond donors (Lipinski definition) is 1. The first kappa shape index (κ1) is 22.6. The molecule has 0 aliphatic carbocycles. The lowest BCUT2D eigenvalue weighted by Gasteiger charge is -2.43. The van der Waals surface area contributed by atoms with Gasteiger partial charge in [-0.05, 0) is 18.9 Å². The second-order valence-corrected chi connectivity index (χ2v) is 9.07. The highest BCUT2D eigenvalue weighted by Gasteiger charge is 2.44. The molecule has 1 aromatic carbocycles. The molecule has 2 fully saturated rings. The molecule has 4 atom stereocenters. The molecular formula is C18H24N2O9S. The molecule has 11 nitrogen and oxygen atoms in total. The second kappa shape index (κ2) is 9.35. The van der Waals surface area contributed by atoms with Gasteiger partial charge in [0, 0.05) is 12.6 Å². The molecule has 0 spiro atoms. The predicted molar refractivity (Wildman–Crippen MR) is 102 cm³/mol. The van der Waals surface area contributed by atoms with E-state index in [-0.39, 0.29) is 26.2 Å². The summed E-state index contributed by atoms with van der Waals surface area (Å²) in [5, 5.41) is 21.6. The van der Waals surface area contributed by atoms with Crippen LogP contribution in [0.25, 0.3) is 0 Å². The first-order valence-electron chi connectivity index (χ1n) is 9.47. The van der Waals surface area contributed by atoms with Crippen LogP contribution in [-0.2, 0) is 29.0 Å². The molecule has 12 heteroatoms. The van der Waals surface area contributed by atoms with E-state index in [1.165, 1.54) is 25.3 Å². The number of carbonyl (C=O) groups is 1. The number of sulfonamides is 1. The zero-order valence-corrected chi connectivity index (χ0v) is 17.2. The number of aliphatic hydroxyl groups excluding tert-OH is 1. The van der Waals surface area contributed by atoms with Crippen molar-refractivity contribution >= 4 is 21.7 Å². The summed E-state index contributed by atoms with van der Waals surface area (Å²) >= 11 is 0. The average molecular weight is 444 g/mol. The standard InChI is InChI=1S/C18H24N2O9S/c1-27-18(22)8-13-6-7-14-16(29-13)11-28-10-12(21)9-19(14)30(25,26)17-5-3-2-4-15(17)20(23)24/h2-5,12-14,16,21H,6-11H2,1H3/t12-,13-,14+,16-/m1/s1. The third-order valence-electron chi connectivity index (χ3n) is 5.20. The fourth-order valence-corrected chi connectivity index (χ4v) is 5.67. The normalized spacial score (nSPS) is 28.1. The van der Waals surface area contributed by atoms with E-state index >= 15 is 0 Å². The molecule has 2 saturated heterocycles. The number of esters is 1. The lowest BCUT2D eigenvalue weighted by molar-refractivity contribution is -0.387. The van der Waals surface area contributed by atoms with E-state index in [0.29, 0.717) is 12.8 Å². The highest BCUT2D eigenvalue weighted by molar-refractivity contribution is 7.89. The average Bonchev–Trinajstić information content (AvgIpc) is 2.71. The van der Waals surface area contributed by atoms with E-state index in [9.17, 15) is 28.4 Å². The summed E-state index contributed by atoms with van der Waals surface area (Å²) in [4.78, 5) is 21.8. The number of para-hydroxylation sites is 1. The quantitative estimate of drug-likeness (QED) is 0.389. The summed E-state index contributed by atoms with van der Waals surface area (Å²) in [6.07, 6.45) is -1.51. The van der Waals surface area contributed by atoms with Gasteiger partial charge in [-0.2, -0.15) is 4.31 Å². The molecule has 0 saturated carbocycles. The summed E-state index contributed by atoms with van der Waals surface area (Å²) in [6, 6.07) is 4.38. The largest absolute Gasteiger partial charge is 0.469 e. The third-order valence-corrected chi connectivity index (χ3v) is 7.14. The van der Waals surface area contributed by atoms with Crippen molar-refractivity contribution in [2.75, 3.05) is 26.9 Å². The Morgan fingerprint density at radius 3 is 2.77 bits per heavy atom. The molecule has 166 valence electrons. The van der Waals surface area contributed by atoms with Gasteiger partial charge in [-0.3, -0.25) is 14.9 Å². The van der Waals surface area contributed by atoms with Crippen molar-refractivity contribution in [1.82, 2.24) is 4.31 Å². The molecule has 0 aromatic heterocycles. The Balaban J connectivity index is 1.93. The summed E-state index contributed by atoms with van der Waals surface area (Å²) < 4.78 is 43.9. The van der Waals surface area contributed by atoms with Gasteiger partial charge in [-0.1, -0.05) is 12.1 Å². The first-order chi connectivity index (χ1) is 14.2.